The molecule has 0 fully saturated rings. The Kier molecular flexibility index (Phi) is 5.49. The van der Waals surface area contributed by atoms with Gasteiger partial charge >= 0.3 is 0 Å². The summed E-state index contributed by atoms with van der Waals surface area (Å²) in [5.74, 6) is 0.593. The first-order valence-corrected chi connectivity index (χ1v) is 5.67. The molecule has 0 atom stereocenters. The minimum atomic E-state index is -0.115. The molecule has 1 N–H and O–H groups in total. The van der Waals surface area contributed by atoms with E-state index in [1.54, 1.807) is 19.2 Å². The van der Waals surface area contributed by atoms with Gasteiger partial charge in [-0.1, -0.05) is 6.07 Å². The number of carbonyl (C=O) groups is 1. The first-order chi connectivity index (χ1) is 8.13. The van der Waals surface area contributed by atoms with Gasteiger partial charge in [-0.3, -0.25) is 4.79 Å². The van der Waals surface area contributed by atoms with Crippen molar-refractivity contribution in [3.8, 4) is 5.75 Å². The van der Waals surface area contributed by atoms with E-state index >= 15 is 0 Å². The Hall–Kier alpha value is -1.55. The molecular weight excluding hydrogens is 218 g/mol. The van der Waals surface area contributed by atoms with Crippen molar-refractivity contribution in [2.75, 3.05) is 20.3 Å². The third-order valence-electron chi connectivity index (χ3n) is 2.06. The SMILES string of the molecule is COCCNC(=O)c1cccc(OC(C)C)c1. The van der Waals surface area contributed by atoms with Crippen LogP contribution in [-0.4, -0.2) is 32.3 Å². The van der Waals surface area contributed by atoms with E-state index in [0.717, 1.165) is 0 Å². The van der Waals surface area contributed by atoms with Gasteiger partial charge in [-0.15, -0.1) is 0 Å². The van der Waals surface area contributed by atoms with Crippen LogP contribution in [0.4, 0.5) is 0 Å². The van der Waals surface area contributed by atoms with Crippen LogP contribution in [-0.2, 0) is 4.74 Å². The summed E-state index contributed by atoms with van der Waals surface area (Å²) in [6.07, 6.45) is 0.0989. The number of hydrogen-bond acceptors (Lipinski definition) is 3. The van der Waals surface area contributed by atoms with Gasteiger partial charge in [0, 0.05) is 19.2 Å². The van der Waals surface area contributed by atoms with Gasteiger partial charge in [0.15, 0.2) is 0 Å². The molecule has 1 amide bonds. The predicted molar refractivity (Wildman–Crippen MR) is 66.4 cm³/mol. The Balaban J connectivity index is 2.60. The standard InChI is InChI=1S/C13H19NO3/c1-10(2)17-12-6-4-5-11(9-12)13(15)14-7-8-16-3/h4-6,9-10H,7-8H2,1-3H3,(H,14,15). The van der Waals surface area contributed by atoms with Crippen LogP contribution >= 0.6 is 0 Å². The normalized spacial score (nSPS) is 10.4. The van der Waals surface area contributed by atoms with Crippen LogP contribution in [0.1, 0.15) is 24.2 Å². The quantitative estimate of drug-likeness (QED) is 0.768. The number of rotatable bonds is 6. The molecule has 1 aromatic carbocycles. The first kappa shape index (κ1) is 13.5. The zero-order valence-corrected chi connectivity index (χ0v) is 10.5. The molecule has 1 rings (SSSR count). The lowest BCUT2D eigenvalue weighted by Crippen LogP contribution is -2.26. The number of ether oxygens (including phenoxy) is 2. The zero-order chi connectivity index (χ0) is 12.7. The molecule has 0 heterocycles. The van der Waals surface area contributed by atoms with Gasteiger partial charge in [-0.05, 0) is 32.0 Å². The van der Waals surface area contributed by atoms with E-state index in [0.29, 0.717) is 24.5 Å². The number of carbonyl (C=O) groups excluding carboxylic acids is 1. The minimum Gasteiger partial charge on any atom is -0.491 e. The minimum absolute atomic E-state index is 0.0989. The molecular formula is C13H19NO3. The number of benzene rings is 1. The van der Waals surface area contributed by atoms with Gasteiger partial charge < -0.3 is 14.8 Å². The van der Waals surface area contributed by atoms with Crippen molar-refractivity contribution in [2.24, 2.45) is 0 Å². The summed E-state index contributed by atoms with van der Waals surface area (Å²) in [4.78, 5) is 11.7. The Labute approximate surface area is 102 Å². The maximum atomic E-state index is 11.7. The monoisotopic (exact) mass is 237 g/mol. The topological polar surface area (TPSA) is 47.6 Å². The fourth-order valence-electron chi connectivity index (χ4n) is 1.35. The highest BCUT2D eigenvalue weighted by atomic mass is 16.5. The third-order valence-corrected chi connectivity index (χ3v) is 2.06. The average molecular weight is 237 g/mol. The molecule has 0 saturated heterocycles. The molecule has 1 aromatic rings. The van der Waals surface area contributed by atoms with Crippen LogP contribution in [0.5, 0.6) is 5.75 Å². The Morgan fingerprint density at radius 2 is 2.18 bits per heavy atom. The van der Waals surface area contributed by atoms with Gasteiger partial charge in [0.2, 0.25) is 0 Å². The van der Waals surface area contributed by atoms with Crippen molar-refractivity contribution < 1.29 is 14.3 Å². The molecule has 0 unspecified atom stereocenters. The van der Waals surface area contributed by atoms with E-state index in [2.05, 4.69) is 5.32 Å². The van der Waals surface area contributed by atoms with E-state index in [4.69, 9.17) is 9.47 Å². The molecule has 0 aliphatic carbocycles. The summed E-state index contributed by atoms with van der Waals surface area (Å²) in [5, 5.41) is 2.76. The number of nitrogens with one attached hydrogen (secondary N) is 1. The van der Waals surface area contributed by atoms with Crippen LogP contribution in [0.25, 0.3) is 0 Å². The summed E-state index contributed by atoms with van der Waals surface area (Å²) < 4.78 is 10.4. The summed E-state index contributed by atoms with van der Waals surface area (Å²) in [5.41, 5.74) is 0.597. The van der Waals surface area contributed by atoms with Crippen molar-refractivity contribution in [3.63, 3.8) is 0 Å². The van der Waals surface area contributed by atoms with Crippen molar-refractivity contribution in [2.45, 2.75) is 20.0 Å². The lowest BCUT2D eigenvalue weighted by Gasteiger charge is -2.11. The second kappa shape index (κ2) is 6.91. The number of hydrogen-bond donors (Lipinski definition) is 1. The molecule has 0 bridgehead atoms. The lowest BCUT2D eigenvalue weighted by atomic mass is 10.2. The second-order valence-corrected chi connectivity index (χ2v) is 3.94. The van der Waals surface area contributed by atoms with Gasteiger partial charge in [0.25, 0.3) is 5.91 Å². The van der Waals surface area contributed by atoms with Crippen LogP contribution in [0.15, 0.2) is 24.3 Å². The summed E-state index contributed by atoms with van der Waals surface area (Å²) in [6.45, 7) is 4.91. The molecule has 0 aliphatic rings. The fourth-order valence-corrected chi connectivity index (χ4v) is 1.35. The predicted octanol–water partition coefficient (Wildman–Crippen LogP) is 1.85. The molecule has 0 spiro atoms. The largest absolute Gasteiger partial charge is 0.491 e. The molecule has 17 heavy (non-hydrogen) atoms. The Morgan fingerprint density at radius 1 is 1.41 bits per heavy atom. The van der Waals surface area contributed by atoms with Gasteiger partial charge in [-0.25, -0.2) is 0 Å². The molecule has 4 nitrogen and oxygen atoms in total. The van der Waals surface area contributed by atoms with Gasteiger partial charge in [-0.2, -0.15) is 0 Å². The molecule has 0 radical (unpaired) electrons. The van der Waals surface area contributed by atoms with Crippen LogP contribution in [0.2, 0.25) is 0 Å². The highest BCUT2D eigenvalue weighted by Crippen LogP contribution is 2.14. The highest BCUT2D eigenvalue weighted by molar-refractivity contribution is 5.94. The molecule has 0 aromatic heterocycles. The van der Waals surface area contributed by atoms with Gasteiger partial charge in [0.1, 0.15) is 5.75 Å². The first-order valence-electron chi connectivity index (χ1n) is 5.67. The van der Waals surface area contributed by atoms with E-state index in [1.807, 2.05) is 26.0 Å². The Bertz CT molecular complexity index is 363. The molecule has 0 saturated carbocycles. The fraction of sp³-hybridized carbons (Fsp3) is 0.462. The van der Waals surface area contributed by atoms with E-state index in [9.17, 15) is 4.79 Å². The molecule has 94 valence electrons. The second-order valence-electron chi connectivity index (χ2n) is 3.94. The van der Waals surface area contributed by atoms with Crippen molar-refractivity contribution in [1.29, 1.82) is 0 Å². The highest BCUT2D eigenvalue weighted by Gasteiger charge is 2.06. The molecule has 4 heteroatoms. The zero-order valence-electron chi connectivity index (χ0n) is 10.5. The molecule has 0 aliphatic heterocycles. The van der Waals surface area contributed by atoms with Crippen LogP contribution in [0.3, 0.4) is 0 Å². The number of methoxy groups -OCH3 is 1. The maximum Gasteiger partial charge on any atom is 0.251 e. The van der Waals surface area contributed by atoms with E-state index in [1.165, 1.54) is 0 Å². The van der Waals surface area contributed by atoms with Crippen molar-refractivity contribution in [3.05, 3.63) is 29.8 Å². The summed E-state index contributed by atoms with van der Waals surface area (Å²) in [6, 6.07) is 7.15. The Morgan fingerprint density at radius 3 is 2.82 bits per heavy atom. The van der Waals surface area contributed by atoms with Crippen molar-refractivity contribution in [1.82, 2.24) is 5.32 Å². The summed E-state index contributed by atoms with van der Waals surface area (Å²) in [7, 11) is 1.60. The third kappa shape index (κ3) is 4.87. The van der Waals surface area contributed by atoms with Crippen LogP contribution < -0.4 is 10.1 Å². The van der Waals surface area contributed by atoms with Crippen molar-refractivity contribution >= 4 is 5.91 Å². The van der Waals surface area contributed by atoms with Crippen LogP contribution in [0, 0.1) is 0 Å². The van der Waals surface area contributed by atoms with Gasteiger partial charge in [0.05, 0.1) is 12.7 Å². The summed E-state index contributed by atoms with van der Waals surface area (Å²) >= 11 is 0. The van der Waals surface area contributed by atoms with E-state index < -0.39 is 0 Å². The smallest absolute Gasteiger partial charge is 0.251 e. The average Bonchev–Trinajstić information content (AvgIpc) is 2.28. The maximum absolute atomic E-state index is 11.7. The number of amides is 1. The van der Waals surface area contributed by atoms with E-state index in [-0.39, 0.29) is 12.0 Å². The lowest BCUT2D eigenvalue weighted by molar-refractivity contribution is 0.0936.